The molecule has 0 radical (unpaired) electrons. The van der Waals surface area contributed by atoms with Crippen LogP contribution < -0.4 is 16.1 Å². The molecule has 1 aromatic heterocycles. The van der Waals surface area contributed by atoms with Gasteiger partial charge in [-0.1, -0.05) is 42.5 Å². The number of aliphatic hydroxyl groups is 2. The zero-order valence-corrected chi connectivity index (χ0v) is 16.0. The van der Waals surface area contributed by atoms with Gasteiger partial charge in [0.2, 0.25) is 6.41 Å². The second kappa shape index (κ2) is 8.23. The minimum absolute atomic E-state index is 0.0249. The molecule has 1 aliphatic heterocycles. The van der Waals surface area contributed by atoms with Crippen molar-refractivity contribution >= 4 is 22.9 Å². The van der Waals surface area contributed by atoms with Gasteiger partial charge in [-0.25, -0.2) is 4.79 Å². The molecular formula is C21H21N3O6. The maximum absolute atomic E-state index is 12.4. The number of carbonyl (C=O) groups is 1. The molecule has 1 amide bonds. The highest BCUT2D eigenvalue weighted by Crippen LogP contribution is 2.28. The number of nitrogens with one attached hydrogen (secondary N) is 1. The lowest BCUT2D eigenvalue weighted by atomic mass is 10.0. The SMILES string of the molecule is O=CN(Cc1cccc2ccccc12)c1cn([C@H]2C[C@H](O)[C@@H](CO)O2)c(=O)[nH]c1=O. The summed E-state index contributed by atoms with van der Waals surface area (Å²) in [6, 6.07) is 13.4. The fourth-order valence-electron chi connectivity index (χ4n) is 3.74. The van der Waals surface area contributed by atoms with Crippen LogP contribution in [0.15, 0.2) is 58.3 Å². The Morgan fingerprint density at radius 1 is 1.20 bits per heavy atom. The molecule has 30 heavy (non-hydrogen) atoms. The van der Waals surface area contributed by atoms with Gasteiger partial charge in [0.25, 0.3) is 5.56 Å². The Bertz CT molecular complexity index is 1180. The van der Waals surface area contributed by atoms with Crippen LogP contribution in [0.2, 0.25) is 0 Å². The predicted molar refractivity (Wildman–Crippen MR) is 109 cm³/mol. The van der Waals surface area contributed by atoms with Gasteiger partial charge in [-0.05, 0) is 16.3 Å². The number of ether oxygens (including phenoxy) is 1. The van der Waals surface area contributed by atoms with Crippen LogP contribution >= 0.6 is 0 Å². The van der Waals surface area contributed by atoms with E-state index in [4.69, 9.17) is 4.74 Å². The van der Waals surface area contributed by atoms with E-state index in [0.29, 0.717) is 6.41 Å². The van der Waals surface area contributed by atoms with E-state index in [1.54, 1.807) is 0 Å². The van der Waals surface area contributed by atoms with Gasteiger partial charge in [0.1, 0.15) is 18.0 Å². The van der Waals surface area contributed by atoms with Crippen molar-refractivity contribution in [3.05, 3.63) is 75.1 Å². The van der Waals surface area contributed by atoms with E-state index in [9.17, 15) is 24.6 Å². The molecule has 1 fully saturated rings. The van der Waals surface area contributed by atoms with E-state index in [1.165, 1.54) is 11.1 Å². The first-order valence-electron chi connectivity index (χ1n) is 9.50. The summed E-state index contributed by atoms with van der Waals surface area (Å²) in [5.41, 5.74) is -0.621. The number of nitrogens with zero attached hydrogens (tertiary/aromatic N) is 2. The highest BCUT2D eigenvalue weighted by molar-refractivity contribution is 5.87. The van der Waals surface area contributed by atoms with E-state index in [0.717, 1.165) is 20.9 Å². The molecule has 0 unspecified atom stereocenters. The van der Waals surface area contributed by atoms with Crippen LogP contribution in [-0.4, -0.2) is 45.0 Å². The van der Waals surface area contributed by atoms with Crippen LogP contribution in [0.1, 0.15) is 18.2 Å². The Morgan fingerprint density at radius 2 is 1.97 bits per heavy atom. The summed E-state index contributed by atoms with van der Waals surface area (Å²) in [5, 5.41) is 21.2. The summed E-state index contributed by atoms with van der Waals surface area (Å²) < 4.78 is 6.63. The third kappa shape index (κ3) is 3.65. The molecular weight excluding hydrogens is 390 g/mol. The summed E-state index contributed by atoms with van der Waals surface area (Å²) in [5.74, 6) is 0. The Kier molecular flexibility index (Phi) is 5.49. The molecule has 0 bridgehead atoms. The molecule has 0 spiro atoms. The minimum atomic E-state index is -0.944. The lowest BCUT2D eigenvalue weighted by Gasteiger charge is -2.20. The second-order valence-electron chi connectivity index (χ2n) is 7.17. The van der Waals surface area contributed by atoms with Crippen LogP contribution in [0.25, 0.3) is 10.8 Å². The molecule has 9 heteroatoms. The zero-order chi connectivity index (χ0) is 21.3. The van der Waals surface area contributed by atoms with Gasteiger partial charge in [0.05, 0.1) is 19.3 Å². The van der Waals surface area contributed by atoms with E-state index < -0.39 is 36.3 Å². The standard InChI is InChI=1S/C21H21N3O6/c25-11-18-17(27)8-19(30-18)24-10-16(20(28)22-21(24)29)23(12-26)9-14-6-3-5-13-4-1-2-7-15(13)14/h1-7,10,12,17-19,25,27H,8-9,11H2,(H,22,28,29)/t17-,18+,19+/m0/s1. The van der Waals surface area contributed by atoms with Crippen LogP contribution in [0.4, 0.5) is 5.69 Å². The predicted octanol–water partition coefficient (Wildman–Crippen LogP) is 0.493. The number of H-pyrrole nitrogens is 1. The molecule has 3 N–H and O–H groups in total. The normalized spacial score (nSPS) is 21.1. The number of amides is 1. The molecule has 0 aliphatic carbocycles. The smallest absolute Gasteiger partial charge is 0.330 e. The summed E-state index contributed by atoms with van der Waals surface area (Å²) >= 11 is 0. The molecule has 3 atom stereocenters. The maximum atomic E-state index is 12.4. The zero-order valence-electron chi connectivity index (χ0n) is 16.0. The van der Waals surface area contributed by atoms with E-state index in [2.05, 4.69) is 4.98 Å². The number of anilines is 1. The van der Waals surface area contributed by atoms with Crippen molar-refractivity contribution in [1.29, 1.82) is 0 Å². The third-order valence-electron chi connectivity index (χ3n) is 5.30. The van der Waals surface area contributed by atoms with Gasteiger partial charge in [-0.15, -0.1) is 0 Å². The first-order chi connectivity index (χ1) is 14.5. The Labute approximate surface area is 170 Å². The number of carbonyl (C=O) groups excluding carboxylic acids is 1. The molecule has 2 aromatic carbocycles. The molecule has 3 aromatic rings. The summed E-state index contributed by atoms with van der Waals surface area (Å²) in [6.45, 7) is -0.274. The first kappa shape index (κ1) is 20.0. The van der Waals surface area contributed by atoms with E-state index in [-0.39, 0.29) is 18.7 Å². The van der Waals surface area contributed by atoms with E-state index in [1.807, 2.05) is 42.5 Å². The van der Waals surface area contributed by atoms with Crippen LogP contribution in [-0.2, 0) is 16.1 Å². The highest BCUT2D eigenvalue weighted by Gasteiger charge is 2.35. The fourth-order valence-corrected chi connectivity index (χ4v) is 3.74. The minimum Gasteiger partial charge on any atom is -0.394 e. The van der Waals surface area contributed by atoms with Crippen molar-refractivity contribution in [2.75, 3.05) is 11.5 Å². The summed E-state index contributed by atoms with van der Waals surface area (Å²) in [7, 11) is 0. The van der Waals surface area contributed by atoms with Gasteiger partial charge < -0.3 is 19.8 Å². The lowest BCUT2D eigenvalue weighted by Crippen LogP contribution is -2.37. The maximum Gasteiger partial charge on any atom is 0.330 e. The van der Waals surface area contributed by atoms with Gasteiger partial charge >= 0.3 is 5.69 Å². The van der Waals surface area contributed by atoms with Gasteiger partial charge in [0, 0.05) is 12.6 Å². The first-order valence-corrected chi connectivity index (χ1v) is 9.50. The number of fused-ring (bicyclic) bond motifs is 1. The van der Waals surface area contributed by atoms with Crippen molar-refractivity contribution in [3.8, 4) is 0 Å². The fraction of sp³-hybridized carbons (Fsp3) is 0.286. The summed E-state index contributed by atoms with van der Waals surface area (Å²) in [4.78, 5) is 40.0. The number of hydrogen-bond donors (Lipinski definition) is 3. The Hall–Kier alpha value is -3.27. The average Bonchev–Trinajstić information content (AvgIpc) is 3.13. The Morgan fingerprint density at radius 3 is 2.70 bits per heavy atom. The highest BCUT2D eigenvalue weighted by atomic mass is 16.5. The van der Waals surface area contributed by atoms with Crippen molar-refractivity contribution in [2.45, 2.75) is 31.4 Å². The number of aliphatic hydroxyl groups excluding tert-OH is 2. The van der Waals surface area contributed by atoms with Crippen molar-refractivity contribution in [2.24, 2.45) is 0 Å². The molecule has 156 valence electrons. The lowest BCUT2D eigenvalue weighted by molar-refractivity contribution is -0.107. The van der Waals surface area contributed by atoms with Crippen LogP contribution in [0.5, 0.6) is 0 Å². The molecule has 1 aliphatic rings. The molecule has 0 saturated carbocycles. The molecule has 4 rings (SSSR count). The topological polar surface area (TPSA) is 125 Å². The van der Waals surface area contributed by atoms with E-state index >= 15 is 0 Å². The van der Waals surface area contributed by atoms with Crippen LogP contribution in [0.3, 0.4) is 0 Å². The molecule has 9 nitrogen and oxygen atoms in total. The van der Waals surface area contributed by atoms with Gasteiger partial charge in [-0.2, -0.15) is 0 Å². The molecule has 1 saturated heterocycles. The van der Waals surface area contributed by atoms with Crippen LogP contribution in [0, 0.1) is 0 Å². The van der Waals surface area contributed by atoms with Crippen molar-refractivity contribution < 1.29 is 19.7 Å². The number of benzene rings is 2. The summed E-state index contributed by atoms with van der Waals surface area (Å²) in [6.07, 6.45) is -0.789. The van der Waals surface area contributed by atoms with Crippen molar-refractivity contribution in [1.82, 2.24) is 9.55 Å². The monoisotopic (exact) mass is 411 g/mol. The Balaban J connectivity index is 1.70. The number of aromatic nitrogens is 2. The van der Waals surface area contributed by atoms with Gasteiger partial charge in [0.15, 0.2) is 0 Å². The third-order valence-corrected chi connectivity index (χ3v) is 5.30. The second-order valence-corrected chi connectivity index (χ2v) is 7.17. The van der Waals surface area contributed by atoms with Crippen molar-refractivity contribution in [3.63, 3.8) is 0 Å². The largest absolute Gasteiger partial charge is 0.394 e. The number of hydrogen-bond acceptors (Lipinski definition) is 6. The average molecular weight is 411 g/mol. The number of aromatic amines is 1. The quantitative estimate of drug-likeness (QED) is 0.507. The molecule has 2 heterocycles. The number of rotatable bonds is 6. The van der Waals surface area contributed by atoms with Gasteiger partial charge in [-0.3, -0.25) is 19.1 Å².